The number of nitrogens with zero attached hydrogens (tertiary/aromatic N) is 2. The van der Waals surface area contributed by atoms with Crippen molar-refractivity contribution in [2.45, 2.75) is 12.0 Å². The van der Waals surface area contributed by atoms with Crippen LogP contribution in [0.5, 0.6) is 0 Å². The Morgan fingerprint density at radius 1 is 1.55 bits per heavy atom. The first-order valence-electron chi connectivity index (χ1n) is 6.42. The molecule has 104 valence electrons. The quantitative estimate of drug-likeness (QED) is 0.859. The van der Waals surface area contributed by atoms with Gasteiger partial charge in [0.15, 0.2) is 5.17 Å². The molecule has 1 aromatic carbocycles. The highest BCUT2D eigenvalue weighted by molar-refractivity contribution is 8.13. The van der Waals surface area contributed by atoms with Gasteiger partial charge in [-0.1, -0.05) is 11.8 Å². The van der Waals surface area contributed by atoms with Gasteiger partial charge in [-0.05, 0) is 24.6 Å². The first-order chi connectivity index (χ1) is 9.65. The Bertz CT molecular complexity index is 613. The van der Waals surface area contributed by atoms with E-state index in [0.717, 1.165) is 12.2 Å². The van der Waals surface area contributed by atoms with Crippen molar-refractivity contribution in [3.63, 3.8) is 0 Å². The molecule has 2 aliphatic heterocycles. The minimum Gasteiger partial charge on any atom is -0.379 e. The molecule has 0 radical (unpaired) electrons. The van der Waals surface area contributed by atoms with Crippen LogP contribution in [-0.4, -0.2) is 24.1 Å². The van der Waals surface area contributed by atoms with Gasteiger partial charge in [-0.2, -0.15) is 5.26 Å². The van der Waals surface area contributed by atoms with E-state index in [1.807, 2.05) is 6.07 Å². The average Bonchev–Trinajstić information content (AvgIpc) is 2.47. The molecular weight excluding hydrogens is 277 g/mol. The lowest BCUT2D eigenvalue weighted by Crippen LogP contribution is -2.48. The topological polar surface area (TPSA) is 71.4 Å². The van der Waals surface area contributed by atoms with Crippen LogP contribution in [0.25, 0.3) is 0 Å². The molecule has 0 amide bonds. The highest BCUT2D eigenvalue weighted by Gasteiger charge is 2.47. The fourth-order valence-corrected chi connectivity index (χ4v) is 3.90. The van der Waals surface area contributed by atoms with Crippen LogP contribution < -0.4 is 5.73 Å². The van der Waals surface area contributed by atoms with Gasteiger partial charge in [0, 0.05) is 23.8 Å². The summed E-state index contributed by atoms with van der Waals surface area (Å²) in [6.07, 6.45) is 0.819. The van der Waals surface area contributed by atoms with Gasteiger partial charge in [-0.3, -0.25) is 0 Å². The molecule has 0 aliphatic carbocycles. The Morgan fingerprint density at radius 3 is 3.20 bits per heavy atom. The predicted octanol–water partition coefficient (Wildman–Crippen LogP) is 1.99. The van der Waals surface area contributed by atoms with E-state index < -0.39 is 5.54 Å². The van der Waals surface area contributed by atoms with Gasteiger partial charge in [0.1, 0.15) is 11.4 Å². The second-order valence-corrected chi connectivity index (χ2v) is 6.07. The van der Waals surface area contributed by atoms with Crippen LogP contribution in [0.1, 0.15) is 17.5 Å². The number of amidine groups is 1. The zero-order chi connectivity index (χ0) is 14.2. The molecule has 6 heteroatoms. The Morgan fingerprint density at radius 2 is 2.40 bits per heavy atom. The summed E-state index contributed by atoms with van der Waals surface area (Å²) in [7, 11) is 0. The van der Waals surface area contributed by atoms with Crippen LogP contribution in [0.2, 0.25) is 0 Å². The number of hydrogen-bond donors (Lipinski definition) is 1. The Kier molecular flexibility index (Phi) is 3.40. The van der Waals surface area contributed by atoms with Crippen LogP contribution in [0.15, 0.2) is 23.2 Å². The van der Waals surface area contributed by atoms with Crippen molar-refractivity contribution in [1.29, 1.82) is 5.26 Å². The van der Waals surface area contributed by atoms with E-state index in [9.17, 15) is 4.39 Å². The number of thioether (sulfide) groups is 1. The van der Waals surface area contributed by atoms with Gasteiger partial charge < -0.3 is 10.5 Å². The molecule has 2 atom stereocenters. The van der Waals surface area contributed by atoms with Gasteiger partial charge in [-0.15, -0.1) is 0 Å². The first kappa shape index (κ1) is 13.4. The highest BCUT2D eigenvalue weighted by Crippen LogP contribution is 2.45. The average molecular weight is 291 g/mol. The van der Waals surface area contributed by atoms with E-state index in [1.54, 1.807) is 6.07 Å². The number of nitriles is 1. The first-order valence-corrected chi connectivity index (χ1v) is 7.40. The molecule has 3 rings (SSSR count). The molecule has 1 aromatic rings. The van der Waals surface area contributed by atoms with E-state index in [0.29, 0.717) is 29.5 Å². The van der Waals surface area contributed by atoms with E-state index in [4.69, 9.17) is 15.7 Å². The van der Waals surface area contributed by atoms with E-state index in [-0.39, 0.29) is 11.7 Å². The molecule has 20 heavy (non-hydrogen) atoms. The molecule has 4 nitrogen and oxygen atoms in total. The van der Waals surface area contributed by atoms with E-state index >= 15 is 0 Å². The Labute approximate surface area is 120 Å². The zero-order valence-corrected chi connectivity index (χ0v) is 11.6. The summed E-state index contributed by atoms with van der Waals surface area (Å²) in [5, 5.41) is 9.48. The number of hydrogen-bond acceptors (Lipinski definition) is 5. The van der Waals surface area contributed by atoms with Crippen LogP contribution in [-0.2, 0) is 10.3 Å². The fourth-order valence-electron chi connectivity index (χ4n) is 2.85. The number of benzene rings is 1. The molecule has 2 N–H and O–H groups in total. The maximum absolute atomic E-state index is 14.3. The normalized spacial score (nSPS) is 29.2. The second kappa shape index (κ2) is 5.08. The molecule has 2 aliphatic rings. The Hall–Kier alpha value is -1.58. The molecule has 0 aromatic heterocycles. The molecule has 0 spiro atoms. The number of halogens is 1. The smallest absolute Gasteiger partial charge is 0.154 e. The van der Waals surface area contributed by atoms with Crippen molar-refractivity contribution in [3.8, 4) is 6.07 Å². The molecule has 0 bridgehead atoms. The predicted molar refractivity (Wildman–Crippen MR) is 75.8 cm³/mol. The largest absolute Gasteiger partial charge is 0.379 e. The highest BCUT2D eigenvalue weighted by atomic mass is 32.2. The van der Waals surface area contributed by atoms with E-state index in [1.165, 1.54) is 23.9 Å². The zero-order valence-electron chi connectivity index (χ0n) is 10.8. The van der Waals surface area contributed by atoms with Crippen molar-refractivity contribution < 1.29 is 9.13 Å². The monoisotopic (exact) mass is 291 g/mol. The lowest BCUT2D eigenvalue weighted by atomic mass is 9.76. The van der Waals surface area contributed by atoms with Gasteiger partial charge in [-0.25, -0.2) is 9.38 Å². The van der Waals surface area contributed by atoms with Crippen LogP contribution >= 0.6 is 11.8 Å². The summed E-state index contributed by atoms with van der Waals surface area (Å²) < 4.78 is 19.9. The third-order valence-corrected chi connectivity index (χ3v) is 4.87. The number of fused-ring (bicyclic) bond motifs is 1. The maximum Gasteiger partial charge on any atom is 0.154 e. The summed E-state index contributed by atoms with van der Waals surface area (Å²) in [5.41, 5.74) is 5.91. The minimum absolute atomic E-state index is 0.178. The van der Waals surface area contributed by atoms with Crippen molar-refractivity contribution in [2.24, 2.45) is 16.6 Å². The minimum atomic E-state index is -0.787. The number of ether oxygens (including phenoxy) is 1. The van der Waals surface area contributed by atoms with Crippen molar-refractivity contribution in [2.75, 3.05) is 19.0 Å². The van der Waals surface area contributed by atoms with Gasteiger partial charge in [0.2, 0.25) is 0 Å². The standard InChI is InChI=1S/C14H14FN3OS/c15-12-2-1-9(6-16)5-11(12)14-8-19-4-3-10(14)7-20-13(17)18-14/h1-2,5,10H,3-4,7-8H2,(H2,17,18). The molecule has 2 heterocycles. The SMILES string of the molecule is N#Cc1ccc(F)c(C23COCCC2CSC(N)=N3)c1. The molecule has 0 saturated carbocycles. The summed E-state index contributed by atoms with van der Waals surface area (Å²) in [5.74, 6) is 0.620. The van der Waals surface area contributed by atoms with Gasteiger partial charge in [0.05, 0.1) is 18.2 Å². The summed E-state index contributed by atoms with van der Waals surface area (Å²) in [6, 6.07) is 6.41. The third kappa shape index (κ3) is 2.07. The van der Waals surface area contributed by atoms with Gasteiger partial charge >= 0.3 is 0 Å². The van der Waals surface area contributed by atoms with Crippen molar-refractivity contribution >= 4 is 16.9 Å². The Balaban J connectivity index is 2.17. The number of aliphatic imine (C=N–C) groups is 1. The maximum atomic E-state index is 14.3. The van der Waals surface area contributed by atoms with Gasteiger partial charge in [0.25, 0.3) is 0 Å². The van der Waals surface area contributed by atoms with Crippen LogP contribution in [0, 0.1) is 23.1 Å². The molecular formula is C14H14FN3OS. The second-order valence-electron chi connectivity index (χ2n) is 5.03. The van der Waals surface area contributed by atoms with Crippen LogP contribution in [0.3, 0.4) is 0 Å². The fraction of sp³-hybridized carbons (Fsp3) is 0.429. The lowest BCUT2D eigenvalue weighted by Gasteiger charge is -2.43. The van der Waals surface area contributed by atoms with Crippen LogP contribution in [0.4, 0.5) is 4.39 Å². The summed E-state index contributed by atoms with van der Waals surface area (Å²) in [4.78, 5) is 4.53. The number of rotatable bonds is 1. The molecule has 1 saturated heterocycles. The number of nitrogens with two attached hydrogens (primary N) is 1. The third-order valence-electron chi connectivity index (χ3n) is 3.91. The van der Waals surface area contributed by atoms with Crippen molar-refractivity contribution in [1.82, 2.24) is 0 Å². The van der Waals surface area contributed by atoms with E-state index in [2.05, 4.69) is 4.99 Å². The lowest BCUT2D eigenvalue weighted by molar-refractivity contribution is 0.00300. The summed E-state index contributed by atoms with van der Waals surface area (Å²) >= 11 is 1.50. The van der Waals surface area contributed by atoms with Crippen molar-refractivity contribution in [3.05, 3.63) is 35.1 Å². The molecule has 2 unspecified atom stereocenters. The molecule has 1 fully saturated rings. The summed E-state index contributed by atoms with van der Waals surface area (Å²) in [6.45, 7) is 0.965.